The van der Waals surface area contributed by atoms with Crippen molar-refractivity contribution < 1.29 is 9.18 Å². The summed E-state index contributed by atoms with van der Waals surface area (Å²) in [4.78, 5) is 24.1. The van der Waals surface area contributed by atoms with Crippen LogP contribution in [0.4, 0.5) is 10.2 Å². The number of hydrogen-bond acceptors (Lipinski definition) is 4. The molecule has 0 bridgehead atoms. The molecule has 0 aliphatic carbocycles. The monoisotopic (exact) mass is 346 g/mol. The summed E-state index contributed by atoms with van der Waals surface area (Å²) in [5, 5.41) is 3.83. The Morgan fingerprint density at radius 1 is 1.08 bits per heavy atom. The molecule has 3 aromatic heterocycles. The van der Waals surface area contributed by atoms with Gasteiger partial charge < -0.3 is 10.3 Å². The molecule has 0 unspecified atom stereocenters. The predicted octanol–water partition coefficient (Wildman–Crippen LogP) is 3.94. The highest BCUT2D eigenvalue weighted by atomic mass is 19.1. The third-order valence-corrected chi connectivity index (χ3v) is 4.14. The Bertz CT molecular complexity index is 1070. The van der Waals surface area contributed by atoms with Crippen LogP contribution in [0.3, 0.4) is 0 Å². The molecule has 0 atom stereocenters. The fourth-order valence-electron chi connectivity index (χ4n) is 2.76. The maximum atomic E-state index is 13.6. The third kappa shape index (κ3) is 3.04. The largest absolute Gasteiger partial charge is 0.366 e. The lowest BCUT2D eigenvalue weighted by atomic mass is 10.1. The molecule has 0 spiro atoms. The van der Waals surface area contributed by atoms with Gasteiger partial charge in [-0.05, 0) is 30.3 Å². The molecule has 0 fully saturated rings. The summed E-state index contributed by atoms with van der Waals surface area (Å²) in [5.41, 5.74) is 2.26. The number of ketones is 1. The number of nitrogens with zero attached hydrogens (tertiary/aromatic N) is 2. The van der Waals surface area contributed by atoms with E-state index < -0.39 is 0 Å². The summed E-state index contributed by atoms with van der Waals surface area (Å²) in [6.07, 6.45) is 4.84. The van der Waals surface area contributed by atoms with E-state index >= 15 is 0 Å². The number of nitrogens with one attached hydrogen (secondary N) is 2. The van der Waals surface area contributed by atoms with Gasteiger partial charge in [-0.1, -0.05) is 18.2 Å². The van der Waals surface area contributed by atoms with E-state index in [1.807, 2.05) is 6.07 Å². The second kappa shape index (κ2) is 6.76. The van der Waals surface area contributed by atoms with Gasteiger partial charge in [0, 0.05) is 47.2 Å². The Morgan fingerprint density at radius 2 is 1.96 bits per heavy atom. The first-order chi connectivity index (χ1) is 12.7. The summed E-state index contributed by atoms with van der Waals surface area (Å²) >= 11 is 0. The number of benzene rings is 1. The Kier molecular flexibility index (Phi) is 4.15. The van der Waals surface area contributed by atoms with Gasteiger partial charge in [-0.3, -0.25) is 4.79 Å². The number of fused-ring (bicyclic) bond motifs is 1. The second-order valence-electron chi connectivity index (χ2n) is 5.81. The van der Waals surface area contributed by atoms with Gasteiger partial charge >= 0.3 is 0 Å². The maximum Gasteiger partial charge on any atom is 0.196 e. The summed E-state index contributed by atoms with van der Waals surface area (Å²) in [6.45, 7) is 0.321. The Morgan fingerprint density at radius 3 is 2.77 bits per heavy atom. The molecule has 3 heterocycles. The van der Waals surface area contributed by atoms with Crippen LogP contribution in [0.1, 0.15) is 21.5 Å². The summed E-state index contributed by atoms with van der Waals surface area (Å²) < 4.78 is 13.6. The number of hydrogen-bond donors (Lipinski definition) is 2. The quantitative estimate of drug-likeness (QED) is 0.537. The van der Waals surface area contributed by atoms with Gasteiger partial charge in [0.15, 0.2) is 5.78 Å². The minimum atomic E-state index is -0.264. The Labute approximate surface area is 148 Å². The molecular formula is C20H15FN4O. The van der Waals surface area contributed by atoms with Crippen LogP contribution in [-0.4, -0.2) is 20.7 Å². The molecule has 5 nitrogen and oxygen atoms in total. The van der Waals surface area contributed by atoms with Gasteiger partial charge in [0.1, 0.15) is 17.3 Å². The van der Waals surface area contributed by atoms with E-state index in [-0.39, 0.29) is 11.6 Å². The van der Waals surface area contributed by atoms with Crippen LogP contribution in [0.5, 0.6) is 0 Å². The first-order valence-electron chi connectivity index (χ1n) is 8.12. The fourth-order valence-corrected chi connectivity index (χ4v) is 2.76. The van der Waals surface area contributed by atoms with Crippen molar-refractivity contribution in [3.8, 4) is 0 Å². The predicted molar refractivity (Wildman–Crippen MR) is 97.5 cm³/mol. The Balaban J connectivity index is 1.50. The smallest absolute Gasteiger partial charge is 0.196 e. The lowest BCUT2D eigenvalue weighted by molar-refractivity contribution is 0.104. The van der Waals surface area contributed by atoms with E-state index in [0.717, 1.165) is 5.39 Å². The molecule has 0 aliphatic heterocycles. The molecule has 0 aliphatic rings. The van der Waals surface area contributed by atoms with Crippen molar-refractivity contribution in [1.82, 2.24) is 15.0 Å². The first kappa shape index (κ1) is 16.0. The van der Waals surface area contributed by atoms with Gasteiger partial charge in [0.05, 0.1) is 0 Å². The SMILES string of the molecule is O=C(c1ccc(NCc2ccccc2F)nc1)c1c[nH]c2ncccc12. The lowest BCUT2D eigenvalue weighted by Gasteiger charge is -2.07. The summed E-state index contributed by atoms with van der Waals surface area (Å²) in [5.74, 6) is 0.183. The van der Waals surface area contributed by atoms with Crippen molar-refractivity contribution in [2.24, 2.45) is 0 Å². The van der Waals surface area contributed by atoms with E-state index in [0.29, 0.717) is 34.7 Å². The molecule has 4 rings (SSSR count). The van der Waals surface area contributed by atoms with Crippen LogP contribution in [0, 0.1) is 5.82 Å². The number of H-pyrrole nitrogens is 1. The molecule has 128 valence electrons. The summed E-state index contributed by atoms with van der Waals surface area (Å²) in [6, 6.07) is 13.6. The van der Waals surface area contributed by atoms with E-state index in [9.17, 15) is 9.18 Å². The van der Waals surface area contributed by atoms with Crippen molar-refractivity contribution in [1.29, 1.82) is 0 Å². The second-order valence-corrected chi connectivity index (χ2v) is 5.81. The van der Waals surface area contributed by atoms with E-state index in [1.165, 1.54) is 12.3 Å². The fraction of sp³-hybridized carbons (Fsp3) is 0.0500. The molecule has 4 aromatic rings. The van der Waals surface area contributed by atoms with Crippen molar-refractivity contribution in [2.45, 2.75) is 6.54 Å². The van der Waals surface area contributed by atoms with Gasteiger partial charge in [-0.25, -0.2) is 14.4 Å². The van der Waals surface area contributed by atoms with E-state index in [4.69, 9.17) is 0 Å². The molecule has 2 N–H and O–H groups in total. The molecule has 0 saturated carbocycles. The molecule has 0 radical (unpaired) electrons. The molecule has 0 amide bonds. The van der Waals surface area contributed by atoms with Gasteiger partial charge in [0.25, 0.3) is 0 Å². The maximum absolute atomic E-state index is 13.6. The molecule has 0 saturated heterocycles. The highest BCUT2D eigenvalue weighted by molar-refractivity contribution is 6.15. The average molecular weight is 346 g/mol. The summed E-state index contributed by atoms with van der Waals surface area (Å²) in [7, 11) is 0. The van der Waals surface area contributed by atoms with Gasteiger partial charge in [0.2, 0.25) is 0 Å². The van der Waals surface area contributed by atoms with Crippen molar-refractivity contribution in [3.63, 3.8) is 0 Å². The van der Waals surface area contributed by atoms with Gasteiger partial charge in [-0.15, -0.1) is 0 Å². The van der Waals surface area contributed by atoms with Crippen LogP contribution in [0.15, 0.2) is 67.1 Å². The van der Waals surface area contributed by atoms with Crippen LogP contribution in [0.25, 0.3) is 11.0 Å². The number of pyridine rings is 2. The van der Waals surface area contributed by atoms with Crippen molar-refractivity contribution in [2.75, 3.05) is 5.32 Å². The number of rotatable bonds is 5. The molecule has 1 aromatic carbocycles. The zero-order chi connectivity index (χ0) is 17.9. The number of halogens is 1. The van der Waals surface area contributed by atoms with E-state index in [2.05, 4.69) is 20.3 Å². The van der Waals surface area contributed by atoms with Crippen LogP contribution >= 0.6 is 0 Å². The molecule has 6 heteroatoms. The number of aromatic amines is 1. The lowest BCUT2D eigenvalue weighted by Crippen LogP contribution is -2.05. The first-order valence-corrected chi connectivity index (χ1v) is 8.12. The number of anilines is 1. The minimum absolute atomic E-state index is 0.127. The molecular weight excluding hydrogens is 331 g/mol. The molecule has 26 heavy (non-hydrogen) atoms. The Hall–Kier alpha value is -3.54. The minimum Gasteiger partial charge on any atom is -0.366 e. The van der Waals surface area contributed by atoms with Crippen LogP contribution < -0.4 is 5.32 Å². The number of carbonyl (C=O) groups excluding carboxylic acids is 1. The van der Waals surface area contributed by atoms with Crippen LogP contribution in [-0.2, 0) is 6.54 Å². The highest BCUT2D eigenvalue weighted by Gasteiger charge is 2.15. The van der Waals surface area contributed by atoms with Crippen LogP contribution in [0.2, 0.25) is 0 Å². The normalized spacial score (nSPS) is 10.8. The highest BCUT2D eigenvalue weighted by Crippen LogP contribution is 2.20. The third-order valence-electron chi connectivity index (χ3n) is 4.14. The van der Waals surface area contributed by atoms with Crippen molar-refractivity contribution >= 4 is 22.6 Å². The van der Waals surface area contributed by atoms with E-state index in [1.54, 1.807) is 48.8 Å². The zero-order valence-corrected chi connectivity index (χ0v) is 13.7. The number of aromatic nitrogens is 3. The topological polar surface area (TPSA) is 70.7 Å². The standard InChI is InChI=1S/C20H15FN4O/c21-17-6-2-1-4-13(17)10-23-18-8-7-14(11-24-18)19(26)16-12-25-20-15(16)5-3-9-22-20/h1-9,11-12H,10H2,(H,22,25)(H,23,24). The number of carbonyl (C=O) groups is 1. The van der Waals surface area contributed by atoms with Crippen molar-refractivity contribution in [3.05, 3.63) is 89.6 Å². The average Bonchev–Trinajstić information content (AvgIpc) is 3.11. The van der Waals surface area contributed by atoms with Gasteiger partial charge in [-0.2, -0.15) is 0 Å². The zero-order valence-electron chi connectivity index (χ0n) is 13.7.